The summed E-state index contributed by atoms with van der Waals surface area (Å²) < 4.78 is 14.2. The Labute approximate surface area is 373 Å². The molecule has 0 atom stereocenters. The number of halogens is 2. The number of carbonyl (C=O) groups is 3. The van der Waals surface area contributed by atoms with E-state index in [-0.39, 0.29) is 50.6 Å². The van der Waals surface area contributed by atoms with Crippen molar-refractivity contribution in [3.63, 3.8) is 0 Å². The molecule has 0 aromatic heterocycles. The molecule has 2 aliphatic heterocycles. The molecule has 16 heteroatoms. The van der Waals surface area contributed by atoms with E-state index >= 15 is 0 Å². The zero-order valence-electron chi connectivity index (χ0n) is 34.5. The molecule has 14 nitrogen and oxygen atoms in total. The average Bonchev–Trinajstić information content (AvgIpc) is 3.26. The predicted molar refractivity (Wildman–Crippen MR) is 242 cm³/mol. The molecule has 4 aromatic rings. The SMILES string of the molecule is CN(C)c1ccc2c(-c3c(Cl)cc(C(=O)NCC(=O)NCc4ccc(-c5c6ccc(=O)cc-6oc6cc(O)ccc56)cc4)c(Cl)c3C(=O)O)c3ccc(=[N+](C)C)cc-3oc2c1.O=C=O. The number of benzene rings is 6. The van der Waals surface area contributed by atoms with Crippen LogP contribution in [0.1, 0.15) is 26.3 Å². The molecule has 0 saturated heterocycles. The molecule has 2 heterocycles. The lowest BCUT2D eigenvalue weighted by atomic mass is 9.89. The Morgan fingerprint density at radius 2 is 1.38 bits per heavy atom. The molecule has 4 aliphatic rings. The van der Waals surface area contributed by atoms with Crippen molar-refractivity contribution in [3.8, 4) is 50.7 Å². The van der Waals surface area contributed by atoms with Crippen LogP contribution in [0.3, 0.4) is 0 Å². The Balaban J connectivity index is 0.00000199. The van der Waals surface area contributed by atoms with Crippen LogP contribution in [0.5, 0.6) is 5.75 Å². The summed E-state index contributed by atoms with van der Waals surface area (Å²) in [6, 6.07) is 29.2. The van der Waals surface area contributed by atoms with E-state index in [1.165, 1.54) is 24.3 Å². The molecule has 0 spiro atoms. The lowest BCUT2D eigenvalue weighted by molar-refractivity contribution is -0.191. The third kappa shape index (κ3) is 8.79. The Hall–Kier alpha value is -7.77. The van der Waals surface area contributed by atoms with Crippen LogP contribution < -0.4 is 30.9 Å². The highest BCUT2D eigenvalue weighted by atomic mass is 35.5. The van der Waals surface area contributed by atoms with E-state index in [0.717, 1.165) is 38.7 Å². The number of rotatable bonds is 9. The fraction of sp³-hybridized carbons (Fsp3) is 0.125. The Morgan fingerprint density at radius 1 is 0.750 bits per heavy atom. The average molecular weight is 901 g/mol. The summed E-state index contributed by atoms with van der Waals surface area (Å²) in [5.74, 6) is -1.83. The molecule has 4 aromatic carbocycles. The molecular weight excluding hydrogens is 863 g/mol. The van der Waals surface area contributed by atoms with Crippen molar-refractivity contribution in [1.29, 1.82) is 0 Å². The van der Waals surface area contributed by atoms with Gasteiger partial charge in [0.2, 0.25) is 11.3 Å². The second-order valence-corrected chi connectivity index (χ2v) is 15.7. The number of nitrogens with zero attached hydrogens (tertiary/aromatic N) is 2. The molecular formula is C48H37Cl2N4O10+. The number of carboxylic acid groups (broad SMARTS) is 1. The van der Waals surface area contributed by atoms with Crippen molar-refractivity contribution in [2.75, 3.05) is 39.6 Å². The minimum Gasteiger partial charge on any atom is -0.508 e. The van der Waals surface area contributed by atoms with E-state index in [0.29, 0.717) is 39.2 Å². The normalized spacial score (nSPS) is 10.9. The number of aromatic carboxylic acids is 1. The first-order valence-electron chi connectivity index (χ1n) is 19.4. The van der Waals surface area contributed by atoms with Crippen LogP contribution in [-0.2, 0) is 20.9 Å². The van der Waals surface area contributed by atoms with Gasteiger partial charge in [0.15, 0.2) is 5.43 Å². The van der Waals surface area contributed by atoms with Gasteiger partial charge < -0.3 is 34.6 Å². The second-order valence-electron chi connectivity index (χ2n) is 15.0. The van der Waals surface area contributed by atoms with Crippen molar-refractivity contribution in [2.45, 2.75) is 6.54 Å². The van der Waals surface area contributed by atoms with Crippen molar-refractivity contribution in [3.05, 3.63) is 145 Å². The largest absolute Gasteiger partial charge is 0.508 e. The Bertz CT molecular complexity index is 3270. The van der Waals surface area contributed by atoms with Crippen LogP contribution in [0.15, 0.2) is 117 Å². The van der Waals surface area contributed by atoms with E-state index in [4.69, 9.17) is 41.6 Å². The highest BCUT2D eigenvalue weighted by Gasteiger charge is 2.30. The van der Waals surface area contributed by atoms with Gasteiger partial charge in [-0.3, -0.25) is 14.4 Å². The fourth-order valence-corrected chi connectivity index (χ4v) is 8.02. The molecule has 0 saturated carbocycles. The van der Waals surface area contributed by atoms with Crippen molar-refractivity contribution < 1.29 is 43.0 Å². The summed E-state index contributed by atoms with van der Waals surface area (Å²) in [4.78, 5) is 69.8. The van der Waals surface area contributed by atoms with Gasteiger partial charge in [0, 0.05) is 89.2 Å². The van der Waals surface area contributed by atoms with Gasteiger partial charge in [0.1, 0.15) is 42.5 Å². The number of carbonyl (C=O) groups excluding carboxylic acids is 4. The quantitative estimate of drug-likeness (QED) is 0.0834. The first-order valence-corrected chi connectivity index (χ1v) is 20.1. The molecule has 0 radical (unpaired) electrons. The molecule has 64 heavy (non-hydrogen) atoms. The van der Waals surface area contributed by atoms with E-state index in [1.807, 2.05) is 98.3 Å². The molecule has 2 aliphatic carbocycles. The zero-order chi connectivity index (χ0) is 46.0. The van der Waals surface area contributed by atoms with Gasteiger partial charge in [-0.25, -0.2) is 9.37 Å². The summed E-state index contributed by atoms with van der Waals surface area (Å²) in [6.07, 6.45) is 0.250. The topological polar surface area (TPSA) is 199 Å². The summed E-state index contributed by atoms with van der Waals surface area (Å²) >= 11 is 13.7. The minimum absolute atomic E-state index is 0.0255. The third-order valence-corrected chi connectivity index (χ3v) is 11.2. The fourth-order valence-electron chi connectivity index (χ4n) is 7.41. The standard InChI is InChI=1S/C47H36Cl2N4O8.CO2/c1-52(2)26-9-13-32-36(17-26)60-37-18-27(53(3)4)10-14-33(37)42(32)43-35(48)21-34(45(49)44(43)47(58)59)46(57)51-23-40(56)50-22-24-5-7-25(8-6-24)41-30-15-11-28(54)19-38(30)61-39-20-29(55)12-16-31(39)41;2-1-3/h5-21H,22-23H2,1-4H3,(H3-,50,51,54,55,56,57,58,59);/p+1. The van der Waals surface area contributed by atoms with Crippen molar-refractivity contribution in [2.24, 2.45) is 0 Å². The van der Waals surface area contributed by atoms with Crippen LogP contribution in [0.25, 0.3) is 66.8 Å². The number of phenols is 1. The van der Waals surface area contributed by atoms with Crippen LogP contribution >= 0.6 is 23.2 Å². The maximum Gasteiger partial charge on any atom is 0.373 e. The van der Waals surface area contributed by atoms with Crippen LogP contribution in [0, 0.1) is 0 Å². The van der Waals surface area contributed by atoms with Crippen LogP contribution in [-0.4, -0.2) is 68.9 Å². The number of fused-ring (bicyclic) bond motifs is 4. The van der Waals surface area contributed by atoms with E-state index in [2.05, 4.69) is 10.6 Å². The number of hydrogen-bond donors (Lipinski definition) is 4. The highest BCUT2D eigenvalue weighted by molar-refractivity contribution is 6.41. The number of amides is 2. The Kier molecular flexibility index (Phi) is 12.7. The minimum atomic E-state index is -1.41. The third-order valence-electron chi connectivity index (χ3n) is 10.5. The summed E-state index contributed by atoms with van der Waals surface area (Å²) in [5.41, 5.74) is 5.21. The number of anilines is 1. The van der Waals surface area contributed by atoms with Crippen molar-refractivity contribution in [1.82, 2.24) is 15.2 Å². The summed E-state index contributed by atoms with van der Waals surface area (Å²) in [7, 11) is 7.58. The molecule has 0 fully saturated rings. The predicted octanol–water partition coefficient (Wildman–Crippen LogP) is 7.35. The Morgan fingerprint density at radius 3 is 2.05 bits per heavy atom. The van der Waals surface area contributed by atoms with Gasteiger partial charge in [-0.15, -0.1) is 0 Å². The number of aromatic hydroxyl groups is 1. The molecule has 4 N–H and O–H groups in total. The molecule has 8 rings (SSSR count). The van der Waals surface area contributed by atoms with Gasteiger partial charge in [-0.05, 0) is 59.7 Å². The van der Waals surface area contributed by atoms with Gasteiger partial charge >= 0.3 is 12.1 Å². The lowest BCUT2D eigenvalue weighted by Gasteiger charge is -2.21. The zero-order valence-corrected chi connectivity index (χ0v) is 36.1. The van der Waals surface area contributed by atoms with E-state index < -0.39 is 24.3 Å². The summed E-state index contributed by atoms with van der Waals surface area (Å²) in [5, 5.41) is 27.8. The highest BCUT2D eigenvalue weighted by Crippen LogP contribution is 2.47. The number of carboxylic acids is 1. The lowest BCUT2D eigenvalue weighted by Crippen LogP contribution is -2.36. The number of hydrogen-bond acceptors (Lipinski definition) is 10. The van der Waals surface area contributed by atoms with Crippen LogP contribution in [0.2, 0.25) is 10.0 Å². The van der Waals surface area contributed by atoms with Crippen LogP contribution in [0.4, 0.5) is 5.69 Å². The first kappa shape index (κ1) is 44.3. The van der Waals surface area contributed by atoms with Gasteiger partial charge in [0.25, 0.3) is 5.91 Å². The van der Waals surface area contributed by atoms with E-state index in [9.17, 15) is 29.4 Å². The molecule has 2 amide bonds. The smallest absolute Gasteiger partial charge is 0.373 e. The molecule has 0 bridgehead atoms. The summed E-state index contributed by atoms with van der Waals surface area (Å²) in [6.45, 7) is -0.303. The maximum absolute atomic E-state index is 13.6. The van der Waals surface area contributed by atoms with Gasteiger partial charge in [-0.2, -0.15) is 9.59 Å². The van der Waals surface area contributed by atoms with Gasteiger partial charge in [-0.1, -0.05) is 47.5 Å². The number of nitrogens with one attached hydrogen (secondary N) is 2. The van der Waals surface area contributed by atoms with E-state index in [1.54, 1.807) is 18.2 Å². The second kappa shape index (κ2) is 18.3. The number of phenolic OH excluding ortho intramolecular Hbond substituents is 1. The molecule has 322 valence electrons. The monoisotopic (exact) mass is 899 g/mol. The maximum atomic E-state index is 13.6. The van der Waals surface area contributed by atoms with Gasteiger partial charge in [0.05, 0.1) is 33.8 Å². The molecule has 0 unspecified atom stereocenters. The first-order chi connectivity index (χ1) is 30.6. The van der Waals surface area contributed by atoms with Crippen molar-refractivity contribution >= 4 is 74.8 Å².